The first-order valence-electron chi connectivity index (χ1n) is 9.25. The van der Waals surface area contributed by atoms with Crippen molar-refractivity contribution in [2.24, 2.45) is 5.92 Å². The van der Waals surface area contributed by atoms with Crippen LogP contribution in [0.3, 0.4) is 0 Å². The van der Waals surface area contributed by atoms with Crippen molar-refractivity contribution in [1.29, 1.82) is 0 Å². The number of aliphatic hydroxyl groups excluding tert-OH is 1. The number of hydrogen-bond donors (Lipinski definition) is 1. The Kier molecular flexibility index (Phi) is 5.64. The Balaban J connectivity index is 1.59. The molecule has 2 aliphatic rings. The summed E-state index contributed by atoms with van der Waals surface area (Å²) in [5, 5.41) is 9.66. The smallest absolute Gasteiger partial charge is 0.225 e. The highest BCUT2D eigenvalue weighted by atomic mass is 16.5. The van der Waals surface area contributed by atoms with Crippen molar-refractivity contribution >= 4 is 5.91 Å². The van der Waals surface area contributed by atoms with E-state index in [1.54, 1.807) is 0 Å². The van der Waals surface area contributed by atoms with Crippen molar-refractivity contribution in [3.63, 3.8) is 0 Å². The maximum absolute atomic E-state index is 12.9. The molecule has 1 aliphatic carbocycles. The summed E-state index contributed by atoms with van der Waals surface area (Å²) in [5.41, 5.74) is -0.382. The second-order valence-electron chi connectivity index (χ2n) is 7.85. The minimum Gasteiger partial charge on any atom is -0.491 e. The fourth-order valence-corrected chi connectivity index (χ4v) is 3.84. The Hall–Kier alpha value is -1.59. The number of nitrogens with zero attached hydrogens (tertiary/aromatic N) is 1. The number of carbonyl (C=O) groups excluding carboxylic acids is 1. The first-order chi connectivity index (χ1) is 11.9. The number of aliphatic hydroxyl groups is 1. The maximum Gasteiger partial charge on any atom is 0.225 e. The average molecular weight is 347 g/mol. The predicted octanol–water partition coefficient (Wildman–Crippen LogP) is 2.62. The number of carbonyl (C=O) groups is 1. The average Bonchev–Trinajstić information content (AvgIpc) is 2.59. The van der Waals surface area contributed by atoms with Crippen LogP contribution in [0.15, 0.2) is 30.3 Å². The second-order valence-corrected chi connectivity index (χ2v) is 7.85. The molecule has 1 saturated heterocycles. The van der Waals surface area contributed by atoms with Gasteiger partial charge in [-0.05, 0) is 51.7 Å². The minimum atomic E-state index is -0.382. The lowest BCUT2D eigenvalue weighted by Crippen LogP contribution is -2.57. The Morgan fingerprint density at radius 2 is 1.92 bits per heavy atom. The van der Waals surface area contributed by atoms with Crippen LogP contribution in [0.1, 0.15) is 39.5 Å². The van der Waals surface area contributed by atoms with Crippen LogP contribution < -0.4 is 4.74 Å². The Bertz CT molecular complexity index is 566. The van der Waals surface area contributed by atoms with Gasteiger partial charge in [0, 0.05) is 12.5 Å². The highest BCUT2D eigenvalue weighted by molar-refractivity contribution is 5.79. The van der Waals surface area contributed by atoms with E-state index in [-0.39, 0.29) is 29.6 Å². The fourth-order valence-electron chi connectivity index (χ4n) is 3.84. The summed E-state index contributed by atoms with van der Waals surface area (Å²) in [4.78, 5) is 14.9. The van der Waals surface area contributed by atoms with E-state index in [1.165, 1.54) is 0 Å². The molecule has 3 rings (SSSR count). The van der Waals surface area contributed by atoms with E-state index in [1.807, 2.05) is 49.1 Å². The van der Waals surface area contributed by atoms with E-state index >= 15 is 0 Å². The van der Waals surface area contributed by atoms with Crippen LogP contribution >= 0.6 is 0 Å². The first-order valence-corrected chi connectivity index (χ1v) is 9.25. The number of hydrogen-bond acceptors (Lipinski definition) is 4. The van der Waals surface area contributed by atoms with E-state index in [2.05, 4.69) is 0 Å². The van der Waals surface area contributed by atoms with Crippen molar-refractivity contribution in [3.8, 4) is 5.75 Å². The van der Waals surface area contributed by atoms with Gasteiger partial charge in [0.15, 0.2) is 0 Å². The zero-order valence-corrected chi connectivity index (χ0v) is 15.2. The van der Waals surface area contributed by atoms with Crippen molar-refractivity contribution in [2.45, 2.75) is 57.3 Å². The molecule has 0 aromatic heterocycles. The molecule has 1 aromatic carbocycles. The summed E-state index contributed by atoms with van der Waals surface area (Å²) in [6, 6.07) is 9.67. The molecule has 5 nitrogen and oxygen atoms in total. The number of ether oxygens (including phenoxy) is 2. The van der Waals surface area contributed by atoms with Gasteiger partial charge in [0.2, 0.25) is 5.91 Å². The molecule has 5 heteroatoms. The lowest BCUT2D eigenvalue weighted by Gasteiger charge is -2.44. The molecule has 0 unspecified atom stereocenters. The Morgan fingerprint density at radius 3 is 2.60 bits per heavy atom. The fraction of sp³-hybridized carbons (Fsp3) is 0.650. The molecule has 2 fully saturated rings. The molecule has 0 radical (unpaired) electrons. The van der Waals surface area contributed by atoms with Gasteiger partial charge in [-0.1, -0.05) is 18.2 Å². The topological polar surface area (TPSA) is 59.0 Å². The van der Waals surface area contributed by atoms with Crippen LogP contribution in [0.4, 0.5) is 0 Å². The molecular weight excluding hydrogens is 318 g/mol. The van der Waals surface area contributed by atoms with Crippen molar-refractivity contribution < 1.29 is 19.4 Å². The molecule has 0 spiro atoms. The molecule has 1 aliphatic heterocycles. The SMILES string of the molecule is CC1(C)CN(C(=O)C2CCC(O)CC2)C[C@@H](COc2ccccc2)O1. The summed E-state index contributed by atoms with van der Waals surface area (Å²) in [7, 11) is 0. The van der Waals surface area contributed by atoms with E-state index in [4.69, 9.17) is 9.47 Å². The van der Waals surface area contributed by atoms with Crippen LogP contribution in [0.2, 0.25) is 0 Å². The Labute approximate surface area is 149 Å². The molecule has 0 bridgehead atoms. The summed E-state index contributed by atoms with van der Waals surface area (Å²) in [6.07, 6.45) is 2.64. The van der Waals surface area contributed by atoms with Gasteiger partial charge in [-0.25, -0.2) is 0 Å². The number of amides is 1. The summed E-state index contributed by atoms with van der Waals surface area (Å²) >= 11 is 0. The van der Waals surface area contributed by atoms with Crippen LogP contribution in [0.25, 0.3) is 0 Å². The van der Waals surface area contributed by atoms with E-state index in [0.29, 0.717) is 19.7 Å². The zero-order chi connectivity index (χ0) is 17.9. The van der Waals surface area contributed by atoms with Crippen LogP contribution in [0.5, 0.6) is 5.75 Å². The summed E-state index contributed by atoms with van der Waals surface area (Å²) in [5.74, 6) is 1.05. The molecule has 1 amide bonds. The van der Waals surface area contributed by atoms with Gasteiger partial charge in [0.05, 0.1) is 18.2 Å². The van der Waals surface area contributed by atoms with Gasteiger partial charge in [0.1, 0.15) is 18.5 Å². The Morgan fingerprint density at radius 1 is 1.24 bits per heavy atom. The number of benzene rings is 1. The molecule has 1 heterocycles. The lowest BCUT2D eigenvalue weighted by atomic mass is 9.86. The third-order valence-electron chi connectivity index (χ3n) is 5.02. The second kappa shape index (κ2) is 7.75. The standard InChI is InChI=1S/C20H29NO4/c1-20(2)14-21(19(23)15-8-10-16(22)11-9-15)12-18(25-20)13-24-17-6-4-3-5-7-17/h3-7,15-16,18,22H,8-14H2,1-2H3/t15?,16?,18-/m0/s1. The highest BCUT2D eigenvalue weighted by Crippen LogP contribution is 2.29. The third-order valence-corrected chi connectivity index (χ3v) is 5.02. The van der Waals surface area contributed by atoms with Gasteiger partial charge in [-0.3, -0.25) is 4.79 Å². The molecule has 1 N–H and O–H groups in total. The van der Waals surface area contributed by atoms with Crippen molar-refractivity contribution in [2.75, 3.05) is 19.7 Å². The first kappa shape index (κ1) is 18.2. The molecule has 1 aromatic rings. The molecular formula is C20H29NO4. The van der Waals surface area contributed by atoms with E-state index in [0.717, 1.165) is 31.4 Å². The van der Waals surface area contributed by atoms with E-state index < -0.39 is 0 Å². The highest BCUT2D eigenvalue weighted by Gasteiger charge is 2.38. The van der Waals surface area contributed by atoms with Gasteiger partial charge in [-0.15, -0.1) is 0 Å². The van der Waals surface area contributed by atoms with Crippen molar-refractivity contribution in [1.82, 2.24) is 4.90 Å². The lowest BCUT2D eigenvalue weighted by molar-refractivity contribution is -0.169. The van der Waals surface area contributed by atoms with Gasteiger partial charge in [-0.2, -0.15) is 0 Å². The van der Waals surface area contributed by atoms with Crippen molar-refractivity contribution in [3.05, 3.63) is 30.3 Å². The number of para-hydroxylation sites is 1. The van der Waals surface area contributed by atoms with Gasteiger partial charge >= 0.3 is 0 Å². The van der Waals surface area contributed by atoms with Crippen LogP contribution in [0, 0.1) is 5.92 Å². The molecule has 1 atom stereocenters. The molecule has 138 valence electrons. The van der Waals surface area contributed by atoms with E-state index in [9.17, 15) is 9.90 Å². The minimum absolute atomic E-state index is 0.0352. The summed E-state index contributed by atoms with van der Waals surface area (Å²) in [6.45, 7) is 5.64. The van der Waals surface area contributed by atoms with Gasteiger partial charge in [0.25, 0.3) is 0 Å². The monoisotopic (exact) mass is 347 g/mol. The van der Waals surface area contributed by atoms with Crippen LogP contribution in [-0.2, 0) is 9.53 Å². The van der Waals surface area contributed by atoms with Crippen LogP contribution in [-0.4, -0.2) is 53.4 Å². The normalized spacial score (nSPS) is 29.2. The number of morpholine rings is 1. The van der Waals surface area contributed by atoms with Gasteiger partial charge < -0.3 is 19.5 Å². The molecule has 25 heavy (non-hydrogen) atoms. The molecule has 1 saturated carbocycles. The zero-order valence-electron chi connectivity index (χ0n) is 15.2. The number of rotatable bonds is 4. The predicted molar refractivity (Wildman–Crippen MR) is 95.4 cm³/mol. The quantitative estimate of drug-likeness (QED) is 0.910. The third kappa shape index (κ3) is 4.95. The maximum atomic E-state index is 12.9. The largest absolute Gasteiger partial charge is 0.491 e. The summed E-state index contributed by atoms with van der Waals surface area (Å²) < 4.78 is 12.0.